The van der Waals surface area contributed by atoms with Crippen LogP contribution < -0.4 is 5.32 Å². The first-order valence-corrected chi connectivity index (χ1v) is 5.67. The number of nitrogens with zero attached hydrogens (tertiary/aromatic N) is 1. The highest BCUT2D eigenvalue weighted by molar-refractivity contribution is 6.31. The monoisotopic (exact) mass is 248 g/mol. The molecule has 0 aliphatic rings. The first-order chi connectivity index (χ1) is 8.15. The maximum absolute atomic E-state index is 9.11. The van der Waals surface area contributed by atoms with Crippen molar-refractivity contribution in [2.75, 3.05) is 5.32 Å². The Balaban J connectivity index is 2.02. The molecule has 0 saturated heterocycles. The van der Waals surface area contributed by atoms with E-state index in [2.05, 4.69) is 10.3 Å². The number of nitrogens with one attached hydrogen (secondary N) is 1. The van der Waals surface area contributed by atoms with Crippen molar-refractivity contribution in [3.8, 4) is 5.75 Å². The van der Waals surface area contributed by atoms with Gasteiger partial charge in [-0.15, -0.1) is 0 Å². The molecular formula is C13H13ClN2O. The molecule has 1 heterocycles. The third-order valence-corrected chi connectivity index (χ3v) is 2.86. The van der Waals surface area contributed by atoms with Crippen LogP contribution >= 0.6 is 11.6 Å². The van der Waals surface area contributed by atoms with Crippen LogP contribution in [0.1, 0.15) is 11.3 Å². The van der Waals surface area contributed by atoms with Crippen molar-refractivity contribution in [1.82, 2.24) is 4.98 Å². The summed E-state index contributed by atoms with van der Waals surface area (Å²) in [7, 11) is 0. The minimum atomic E-state index is 0.173. The summed E-state index contributed by atoms with van der Waals surface area (Å²) < 4.78 is 0. The van der Waals surface area contributed by atoms with E-state index < -0.39 is 0 Å². The van der Waals surface area contributed by atoms with E-state index in [1.54, 1.807) is 12.1 Å². The van der Waals surface area contributed by atoms with Gasteiger partial charge in [-0.05, 0) is 36.8 Å². The third kappa shape index (κ3) is 3.11. The maximum Gasteiger partial charge on any atom is 0.133 e. The van der Waals surface area contributed by atoms with Gasteiger partial charge in [0.2, 0.25) is 0 Å². The average molecular weight is 249 g/mol. The van der Waals surface area contributed by atoms with E-state index in [-0.39, 0.29) is 5.75 Å². The zero-order valence-electron chi connectivity index (χ0n) is 9.44. The van der Waals surface area contributed by atoms with Crippen LogP contribution in [0.4, 0.5) is 5.69 Å². The van der Waals surface area contributed by atoms with Gasteiger partial charge in [0.25, 0.3) is 0 Å². The number of rotatable bonds is 3. The number of aromatic hydroxyl groups is 1. The predicted octanol–water partition coefficient (Wildman–Crippen LogP) is 3.36. The summed E-state index contributed by atoms with van der Waals surface area (Å²) in [5.74, 6) is 0.173. The van der Waals surface area contributed by atoms with Crippen LogP contribution in [-0.4, -0.2) is 10.1 Å². The lowest BCUT2D eigenvalue weighted by atomic mass is 10.2. The summed E-state index contributed by atoms with van der Waals surface area (Å²) in [5.41, 5.74) is 2.87. The van der Waals surface area contributed by atoms with Gasteiger partial charge in [-0.3, -0.25) is 4.98 Å². The lowest BCUT2D eigenvalue weighted by molar-refractivity contribution is 0.472. The molecule has 2 rings (SSSR count). The number of aryl methyl sites for hydroxylation is 1. The summed E-state index contributed by atoms with van der Waals surface area (Å²) in [6.45, 7) is 2.56. The Bertz CT molecular complexity index is 511. The van der Waals surface area contributed by atoms with E-state index in [0.29, 0.717) is 6.54 Å². The molecule has 0 amide bonds. The van der Waals surface area contributed by atoms with Gasteiger partial charge in [0.1, 0.15) is 5.75 Å². The van der Waals surface area contributed by atoms with Gasteiger partial charge < -0.3 is 10.4 Å². The molecule has 1 aromatic heterocycles. The normalized spacial score (nSPS) is 10.2. The van der Waals surface area contributed by atoms with E-state index in [0.717, 1.165) is 22.0 Å². The number of aromatic nitrogens is 1. The predicted molar refractivity (Wildman–Crippen MR) is 69.4 cm³/mol. The number of hydrogen-bond donors (Lipinski definition) is 2. The van der Waals surface area contributed by atoms with Crippen molar-refractivity contribution in [2.45, 2.75) is 13.5 Å². The van der Waals surface area contributed by atoms with Gasteiger partial charge in [0.05, 0.1) is 18.4 Å². The second kappa shape index (κ2) is 5.06. The van der Waals surface area contributed by atoms with Crippen molar-refractivity contribution in [3.63, 3.8) is 0 Å². The number of anilines is 1. The molecule has 1 aromatic carbocycles. The highest BCUT2D eigenvalue weighted by atomic mass is 35.5. The van der Waals surface area contributed by atoms with Gasteiger partial charge in [-0.25, -0.2) is 0 Å². The molecule has 0 unspecified atom stereocenters. The van der Waals surface area contributed by atoms with Crippen LogP contribution in [0.2, 0.25) is 5.02 Å². The van der Waals surface area contributed by atoms with Gasteiger partial charge >= 0.3 is 0 Å². The third-order valence-electron chi connectivity index (χ3n) is 2.45. The SMILES string of the molecule is Cc1ccc(NCc2ccc(O)cn2)cc1Cl. The summed E-state index contributed by atoms with van der Waals surface area (Å²) in [4.78, 5) is 4.09. The molecular weight excluding hydrogens is 236 g/mol. The molecule has 0 aliphatic heterocycles. The Hall–Kier alpha value is -1.74. The smallest absolute Gasteiger partial charge is 0.133 e. The van der Waals surface area contributed by atoms with E-state index in [1.807, 2.05) is 25.1 Å². The second-order valence-corrected chi connectivity index (χ2v) is 4.23. The molecule has 2 N–H and O–H groups in total. The van der Waals surface area contributed by atoms with Gasteiger partial charge in [0.15, 0.2) is 0 Å². The second-order valence-electron chi connectivity index (χ2n) is 3.83. The molecule has 0 atom stereocenters. The Kier molecular flexibility index (Phi) is 3.49. The van der Waals surface area contributed by atoms with Crippen LogP contribution in [0.5, 0.6) is 5.75 Å². The lowest BCUT2D eigenvalue weighted by Gasteiger charge is -2.07. The van der Waals surface area contributed by atoms with Crippen molar-refractivity contribution < 1.29 is 5.11 Å². The van der Waals surface area contributed by atoms with Crippen LogP contribution in [-0.2, 0) is 6.54 Å². The summed E-state index contributed by atoms with van der Waals surface area (Å²) in [6, 6.07) is 9.22. The quantitative estimate of drug-likeness (QED) is 0.876. The molecule has 88 valence electrons. The highest BCUT2D eigenvalue weighted by Gasteiger charge is 1.99. The fourth-order valence-electron chi connectivity index (χ4n) is 1.42. The van der Waals surface area contributed by atoms with E-state index in [4.69, 9.17) is 16.7 Å². The summed E-state index contributed by atoms with van der Waals surface area (Å²) in [6.07, 6.45) is 1.43. The summed E-state index contributed by atoms with van der Waals surface area (Å²) in [5, 5.41) is 13.1. The van der Waals surface area contributed by atoms with Gasteiger partial charge in [-0.2, -0.15) is 0 Å². The zero-order valence-corrected chi connectivity index (χ0v) is 10.2. The Morgan fingerprint density at radius 3 is 2.76 bits per heavy atom. The number of halogens is 1. The van der Waals surface area contributed by atoms with Crippen molar-refractivity contribution >= 4 is 17.3 Å². The van der Waals surface area contributed by atoms with Gasteiger partial charge in [0, 0.05) is 10.7 Å². The minimum absolute atomic E-state index is 0.173. The highest BCUT2D eigenvalue weighted by Crippen LogP contribution is 2.20. The Morgan fingerprint density at radius 2 is 2.12 bits per heavy atom. The first kappa shape index (κ1) is 11.7. The minimum Gasteiger partial charge on any atom is -0.506 e. The molecule has 0 radical (unpaired) electrons. The molecule has 0 saturated carbocycles. The van der Waals surface area contributed by atoms with Gasteiger partial charge in [-0.1, -0.05) is 17.7 Å². The van der Waals surface area contributed by atoms with E-state index >= 15 is 0 Å². The largest absolute Gasteiger partial charge is 0.506 e. The molecule has 0 bridgehead atoms. The zero-order chi connectivity index (χ0) is 12.3. The average Bonchev–Trinajstić information content (AvgIpc) is 2.33. The van der Waals surface area contributed by atoms with E-state index in [1.165, 1.54) is 6.20 Å². The molecule has 0 aliphatic carbocycles. The lowest BCUT2D eigenvalue weighted by Crippen LogP contribution is -2.01. The molecule has 17 heavy (non-hydrogen) atoms. The van der Waals surface area contributed by atoms with Crippen molar-refractivity contribution in [1.29, 1.82) is 0 Å². The molecule has 2 aromatic rings. The van der Waals surface area contributed by atoms with Crippen LogP contribution in [0.15, 0.2) is 36.5 Å². The van der Waals surface area contributed by atoms with Crippen LogP contribution in [0.3, 0.4) is 0 Å². The first-order valence-electron chi connectivity index (χ1n) is 5.29. The van der Waals surface area contributed by atoms with E-state index in [9.17, 15) is 0 Å². The standard InChI is InChI=1S/C13H13ClN2O/c1-9-2-3-10(6-13(9)14)15-7-11-4-5-12(17)8-16-11/h2-6,8,15,17H,7H2,1H3. The van der Waals surface area contributed by atoms with Crippen LogP contribution in [0, 0.1) is 6.92 Å². The summed E-state index contributed by atoms with van der Waals surface area (Å²) >= 11 is 6.03. The fourth-order valence-corrected chi connectivity index (χ4v) is 1.60. The number of hydrogen-bond acceptors (Lipinski definition) is 3. The van der Waals surface area contributed by atoms with Crippen molar-refractivity contribution in [3.05, 3.63) is 52.8 Å². The molecule has 0 spiro atoms. The molecule has 3 nitrogen and oxygen atoms in total. The fraction of sp³-hybridized carbons (Fsp3) is 0.154. The Morgan fingerprint density at radius 1 is 1.29 bits per heavy atom. The van der Waals surface area contributed by atoms with Crippen LogP contribution in [0.25, 0.3) is 0 Å². The maximum atomic E-state index is 9.11. The Labute approximate surface area is 105 Å². The molecule has 4 heteroatoms. The molecule has 0 fully saturated rings. The number of pyridine rings is 1. The van der Waals surface area contributed by atoms with Crippen molar-refractivity contribution in [2.24, 2.45) is 0 Å². The number of benzene rings is 1. The topological polar surface area (TPSA) is 45.1 Å².